The fourth-order valence-electron chi connectivity index (χ4n) is 0. The summed E-state index contributed by atoms with van der Waals surface area (Å²) in [5, 5.41) is 0. The largest absolute Gasteiger partial charge is 1.00 e. The minimum atomic E-state index is 0. The van der Waals surface area contributed by atoms with Crippen LogP contribution >= 0.6 is 12.4 Å². The Labute approximate surface area is 84.4 Å². The summed E-state index contributed by atoms with van der Waals surface area (Å²) >= 11 is 0. The molecule has 0 aromatic heterocycles. The first-order valence-corrected chi connectivity index (χ1v) is 1.32. The summed E-state index contributed by atoms with van der Waals surface area (Å²) in [5.74, 6) is 0. The molecule has 0 heterocycles. The van der Waals surface area contributed by atoms with Crippen LogP contribution < -0.4 is 41.0 Å². The summed E-state index contributed by atoms with van der Waals surface area (Å²) in [6.45, 7) is 1.19. The molecule has 0 unspecified atom stereocenters. The Balaban J connectivity index is -0.00000000750. The van der Waals surface area contributed by atoms with Gasteiger partial charge < -0.3 is 12.9 Å². The Morgan fingerprint density at radius 2 is 1.29 bits per heavy atom. The van der Waals surface area contributed by atoms with Crippen LogP contribution in [-0.2, 0) is 17.1 Å². The van der Waals surface area contributed by atoms with E-state index in [-0.39, 0.29) is 60.5 Å². The van der Waals surface area contributed by atoms with E-state index in [0.717, 1.165) is 0 Å². The molecule has 0 aliphatic carbocycles. The number of hydrogen-bond donors (Lipinski definition) is 2. The minimum Gasteiger partial charge on any atom is -1.00 e. The molecule has 0 saturated heterocycles. The van der Waals surface area contributed by atoms with Crippen LogP contribution in [0.1, 0.15) is 1.43 Å². The van der Waals surface area contributed by atoms with E-state index in [1.165, 1.54) is 0 Å². The van der Waals surface area contributed by atoms with Gasteiger partial charge >= 0.3 is 29.6 Å². The second kappa shape index (κ2) is 25.2. The molecule has 4 N–H and O–H groups in total. The molecule has 0 bridgehead atoms. The molecule has 0 aliphatic rings. The maximum Gasteiger partial charge on any atom is 1.00 e. The fourth-order valence-corrected chi connectivity index (χ4v) is 0. The normalized spacial score (nSPS) is 4.29. The van der Waals surface area contributed by atoms with E-state index < -0.39 is 0 Å². The van der Waals surface area contributed by atoms with E-state index in [2.05, 4.69) is 0 Å². The van der Waals surface area contributed by atoms with Gasteiger partial charge in [-0.05, 0) is 0 Å². The smallest absolute Gasteiger partial charge is 1.00 e. The molecule has 0 amide bonds. The first-order valence-electron chi connectivity index (χ1n) is 1.32. The number of hydrogen-bond acceptors (Lipinski definition) is 2. The average Bonchev–Trinajstić information content (AvgIpc) is 1.37. The van der Waals surface area contributed by atoms with Gasteiger partial charge in [0.15, 0.2) is 0 Å². The predicted octanol–water partition coefficient (Wildman–Crippen LogP) is -3.56. The van der Waals surface area contributed by atoms with Gasteiger partial charge in [-0.2, -0.15) is 0 Å². The Bertz CT molecular complexity index is 22.0. The first-order chi connectivity index (χ1) is 1.91. The van der Waals surface area contributed by atoms with Crippen LogP contribution in [0.25, 0.3) is 0 Å². The van der Waals surface area contributed by atoms with Crippen LogP contribution in [0.2, 0.25) is 0 Å². The molecule has 0 fully saturated rings. The Kier molecular flexibility index (Phi) is 83.8. The van der Waals surface area contributed by atoms with Gasteiger partial charge in [0.05, 0.1) is 0 Å². The van der Waals surface area contributed by atoms with Crippen LogP contribution in [0, 0.1) is 0 Å². The standard InChI is InChI=1S/C2H8N2.ClH.Fe.Na.H/c3-1-2-4;;;;/h1-4H2;1H;;;/q;;;+1;-1. The van der Waals surface area contributed by atoms with E-state index >= 15 is 0 Å². The van der Waals surface area contributed by atoms with Crippen molar-refractivity contribution >= 4 is 12.4 Å². The van der Waals surface area contributed by atoms with Crippen molar-refractivity contribution in [1.29, 1.82) is 0 Å². The summed E-state index contributed by atoms with van der Waals surface area (Å²) in [5.41, 5.74) is 9.81. The number of nitrogens with two attached hydrogens (primary N) is 2. The van der Waals surface area contributed by atoms with Crippen molar-refractivity contribution in [3.8, 4) is 0 Å². The topological polar surface area (TPSA) is 52.0 Å². The van der Waals surface area contributed by atoms with Crippen molar-refractivity contribution in [2.75, 3.05) is 13.1 Å². The second-order valence-electron chi connectivity index (χ2n) is 0.577. The van der Waals surface area contributed by atoms with Crippen LogP contribution in [0.5, 0.6) is 0 Å². The summed E-state index contributed by atoms with van der Waals surface area (Å²) in [4.78, 5) is 0. The SMILES string of the molecule is Cl.NCCN.[Fe].[H-].[Na+]. The monoisotopic (exact) mass is 176 g/mol. The van der Waals surface area contributed by atoms with E-state index in [0.29, 0.717) is 13.1 Å². The quantitative estimate of drug-likeness (QED) is 0.406. The van der Waals surface area contributed by atoms with Crippen molar-refractivity contribution < 1.29 is 48.1 Å². The van der Waals surface area contributed by atoms with E-state index in [9.17, 15) is 0 Å². The van der Waals surface area contributed by atoms with Crippen LogP contribution in [0.15, 0.2) is 0 Å². The Morgan fingerprint density at radius 1 is 1.14 bits per heavy atom. The molecule has 0 saturated carbocycles. The van der Waals surface area contributed by atoms with Gasteiger partial charge in [-0.3, -0.25) is 0 Å². The second-order valence-corrected chi connectivity index (χ2v) is 0.577. The maximum absolute atomic E-state index is 4.90. The van der Waals surface area contributed by atoms with Gasteiger partial charge in [-0.25, -0.2) is 0 Å². The number of rotatable bonds is 1. The molecule has 2 nitrogen and oxygen atoms in total. The summed E-state index contributed by atoms with van der Waals surface area (Å²) in [7, 11) is 0. The zero-order chi connectivity index (χ0) is 3.41. The molecule has 0 atom stereocenters. The molecular weight excluding hydrogens is 166 g/mol. The first kappa shape index (κ1) is 23.3. The molecule has 0 aromatic carbocycles. The van der Waals surface area contributed by atoms with E-state index in [1.807, 2.05) is 0 Å². The average molecular weight is 176 g/mol. The van der Waals surface area contributed by atoms with Gasteiger partial charge in [0.1, 0.15) is 0 Å². The maximum atomic E-state index is 4.90. The van der Waals surface area contributed by atoms with E-state index in [4.69, 9.17) is 11.5 Å². The van der Waals surface area contributed by atoms with Crippen molar-refractivity contribution in [3.05, 3.63) is 0 Å². The molecule has 0 aromatic rings. The molecule has 5 heteroatoms. The number of halogens is 1. The zero-order valence-corrected chi connectivity index (χ0v) is 8.25. The Hall–Kier alpha value is 1.73. The molecule has 0 radical (unpaired) electrons. The molecule has 0 aliphatic heterocycles. The van der Waals surface area contributed by atoms with Gasteiger partial charge in [0, 0.05) is 30.2 Å². The zero-order valence-electron chi connectivity index (χ0n) is 5.33. The van der Waals surface area contributed by atoms with Crippen LogP contribution in [-0.4, -0.2) is 13.1 Å². The fraction of sp³-hybridized carbons (Fsp3) is 1.00. The van der Waals surface area contributed by atoms with Crippen molar-refractivity contribution in [1.82, 2.24) is 0 Å². The van der Waals surface area contributed by atoms with Gasteiger partial charge in [0.25, 0.3) is 0 Å². The third-order valence-electron chi connectivity index (χ3n) is 0.167. The Morgan fingerprint density at radius 3 is 1.29 bits per heavy atom. The van der Waals surface area contributed by atoms with Crippen molar-refractivity contribution in [2.24, 2.45) is 11.5 Å². The van der Waals surface area contributed by atoms with Crippen LogP contribution in [0.4, 0.5) is 0 Å². The predicted molar refractivity (Wildman–Crippen MR) is 26.5 cm³/mol. The molecular formula is C2H10ClFeN2Na. The third-order valence-corrected chi connectivity index (χ3v) is 0.167. The molecule has 0 spiro atoms. The summed E-state index contributed by atoms with van der Waals surface area (Å²) < 4.78 is 0. The van der Waals surface area contributed by atoms with Gasteiger partial charge in [-0.15, -0.1) is 12.4 Å². The summed E-state index contributed by atoms with van der Waals surface area (Å²) in [6, 6.07) is 0. The van der Waals surface area contributed by atoms with E-state index in [1.54, 1.807) is 0 Å². The van der Waals surface area contributed by atoms with Gasteiger partial charge in [0.2, 0.25) is 0 Å². The van der Waals surface area contributed by atoms with Crippen LogP contribution in [0.3, 0.4) is 0 Å². The minimum absolute atomic E-state index is 0. The molecule has 44 valence electrons. The molecule has 0 rings (SSSR count). The van der Waals surface area contributed by atoms with Crippen molar-refractivity contribution in [2.45, 2.75) is 0 Å². The van der Waals surface area contributed by atoms with Crippen molar-refractivity contribution in [3.63, 3.8) is 0 Å². The third kappa shape index (κ3) is 34.1. The molecule has 7 heavy (non-hydrogen) atoms. The summed E-state index contributed by atoms with van der Waals surface area (Å²) in [6.07, 6.45) is 0. The van der Waals surface area contributed by atoms with Gasteiger partial charge in [-0.1, -0.05) is 0 Å².